The summed E-state index contributed by atoms with van der Waals surface area (Å²) < 4.78 is 2.25. The summed E-state index contributed by atoms with van der Waals surface area (Å²) in [6.07, 6.45) is 8.50. The minimum absolute atomic E-state index is 0.112. The van der Waals surface area contributed by atoms with E-state index in [0.717, 1.165) is 51.3 Å². The number of aliphatic hydroxyl groups excluding tert-OH is 1. The van der Waals surface area contributed by atoms with Crippen LogP contribution in [0, 0.1) is 5.41 Å². The fourth-order valence-corrected chi connectivity index (χ4v) is 3.11. The first-order valence-electron chi connectivity index (χ1n) is 7.56. The summed E-state index contributed by atoms with van der Waals surface area (Å²) >= 11 is 0. The summed E-state index contributed by atoms with van der Waals surface area (Å²) in [6, 6.07) is 0. The zero-order valence-corrected chi connectivity index (χ0v) is 12.3. The zero-order chi connectivity index (χ0) is 13.7. The van der Waals surface area contributed by atoms with Crippen LogP contribution in [0.3, 0.4) is 0 Å². The normalized spacial score (nSPS) is 24.8. The van der Waals surface area contributed by atoms with Crippen molar-refractivity contribution < 1.29 is 5.11 Å². The lowest BCUT2D eigenvalue weighted by Crippen LogP contribution is -2.44. The standard InChI is InChI=1S/C15H27N3O/c1-3-8-18-10-7-16-14(18)11-17-9-5-6-15(4-2,12-17)13-19/h7,10,19H,3-6,8-9,11-13H2,1-2H3. The van der Waals surface area contributed by atoms with Crippen molar-refractivity contribution >= 4 is 0 Å². The van der Waals surface area contributed by atoms with Crippen LogP contribution in [0.4, 0.5) is 0 Å². The fraction of sp³-hybridized carbons (Fsp3) is 0.800. The molecule has 19 heavy (non-hydrogen) atoms. The number of hydrogen-bond donors (Lipinski definition) is 1. The Bertz CT molecular complexity index is 384. The van der Waals surface area contributed by atoms with Gasteiger partial charge in [0.15, 0.2) is 0 Å². The van der Waals surface area contributed by atoms with Crippen molar-refractivity contribution in [3.05, 3.63) is 18.2 Å². The first-order chi connectivity index (χ1) is 9.23. The van der Waals surface area contributed by atoms with Crippen molar-refractivity contribution in [3.63, 3.8) is 0 Å². The van der Waals surface area contributed by atoms with Gasteiger partial charge in [0.25, 0.3) is 0 Å². The summed E-state index contributed by atoms with van der Waals surface area (Å²) in [6.45, 7) is 8.77. The molecule has 108 valence electrons. The molecule has 1 unspecified atom stereocenters. The van der Waals surface area contributed by atoms with Gasteiger partial charge < -0.3 is 9.67 Å². The first-order valence-corrected chi connectivity index (χ1v) is 7.56. The van der Waals surface area contributed by atoms with E-state index in [9.17, 15) is 5.11 Å². The fourth-order valence-electron chi connectivity index (χ4n) is 3.11. The zero-order valence-electron chi connectivity index (χ0n) is 12.3. The molecule has 2 heterocycles. The summed E-state index contributed by atoms with van der Waals surface area (Å²) in [7, 11) is 0. The van der Waals surface area contributed by atoms with E-state index in [1.807, 2.05) is 6.20 Å². The second-order valence-corrected chi connectivity index (χ2v) is 5.86. The molecule has 0 bridgehead atoms. The lowest BCUT2D eigenvalue weighted by Gasteiger charge is -2.41. The predicted molar refractivity (Wildman–Crippen MR) is 76.8 cm³/mol. The highest BCUT2D eigenvalue weighted by molar-refractivity contribution is 4.94. The van der Waals surface area contributed by atoms with Gasteiger partial charge in [-0.1, -0.05) is 13.8 Å². The van der Waals surface area contributed by atoms with Crippen LogP contribution in [0.1, 0.15) is 45.4 Å². The minimum Gasteiger partial charge on any atom is -0.396 e. The Labute approximate surface area is 116 Å². The topological polar surface area (TPSA) is 41.3 Å². The minimum atomic E-state index is 0.112. The molecule has 1 aliphatic heterocycles. The monoisotopic (exact) mass is 265 g/mol. The number of rotatable bonds is 6. The average molecular weight is 265 g/mol. The Kier molecular flexibility index (Phi) is 4.99. The van der Waals surface area contributed by atoms with Gasteiger partial charge in [0.1, 0.15) is 5.82 Å². The summed E-state index contributed by atoms with van der Waals surface area (Å²) in [5.41, 5.74) is 0.112. The van der Waals surface area contributed by atoms with Gasteiger partial charge in [0, 0.05) is 37.5 Å². The van der Waals surface area contributed by atoms with E-state index in [1.165, 1.54) is 6.42 Å². The number of hydrogen-bond acceptors (Lipinski definition) is 3. The Balaban J connectivity index is 2.00. The molecule has 1 aromatic heterocycles. The third-order valence-electron chi connectivity index (χ3n) is 4.46. The molecule has 1 fully saturated rings. The Morgan fingerprint density at radius 1 is 1.42 bits per heavy atom. The number of aromatic nitrogens is 2. The molecular weight excluding hydrogens is 238 g/mol. The second kappa shape index (κ2) is 6.53. The van der Waals surface area contributed by atoms with Crippen LogP contribution in [-0.2, 0) is 13.1 Å². The predicted octanol–water partition coefficient (Wildman–Crippen LogP) is 2.28. The van der Waals surface area contributed by atoms with E-state index < -0.39 is 0 Å². The SMILES string of the molecule is CCCn1ccnc1CN1CCCC(CC)(CO)C1. The van der Waals surface area contributed by atoms with Crippen molar-refractivity contribution in [1.82, 2.24) is 14.5 Å². The number of imidazole rings is 1. The second-order valence-electron chi connectivity index (χ2n) is 5.86. The van der Waals surface area contributed by atoms with Gasteiger partial charge in [0.05, 0.1) is 6.54 Å². The molecule has 1 saturated heterocycles. The molecule has 2 rings (SSSR count). The number of likely N-dealkylation sites (tertiary alicyclic amines) is 1. The maximum Gasteiger partial charge on any atom is 0.122 e. The highest BCUT2D eigenvalue weighted by Gasteiger charge is 2.33. The smallest absolute Gasteiger partial charge is 0.122 e. The maximum atomic E-state index is 9.68. The van der Waals surface area contributed by atoms with Crippen molar-refractivity contribution in [2.45, 2.75) is 52.6 Å². The number of piperidine rings is 1. The van der Waals surface area contributed by atoms with Crippen LogP contribution in [0.2, 0.25) is 0 Å². The van der Waals surface area contributed by atoms with Crippen molar-refractivity contribution in [2.75, 3.05) is 19.7 Å². The largest absolute Gasteiger partial charge is 0.396 e. The number of aryl methyl sites for hydroxylation is 1. The number of nitrogens with zero attached hydrogens (tertiary/aromatic N) is 3. The molecular formula is C15H27N3O. The third-order valence-corrected chi connectivity index (χ3v) is 4.46. The van der Waals surface area contributed by atoms with Gasteiger partial charge in [-0.05, 0) is 32.2 Å². The van der Waals surface area contributed by atoms with Gasteiger partial charge >= 0.3 is 0 Å². The van der Waals surface area contributed by atoms with E-state index in [2.05, 4.69) is 34.5 Å². The van der Waals surface area contributed by atoms with Gasteiger partial charge in [-0.15, -0.1) is 0 Å². The molecule has 1 N–H and O–H groups in total. The van der Waals surface area contributed by atoms with Crippen molar-refractivity contribution in [2.24, 2.45) is 5.41 Å². The lowest BCUT2D eigenvalue weighted by atomic mass is 9.78. The van der Waals surface area contributed by atoms with Crippen LogP contribution < -0.4 is 0 Å². The quantitative estimate of drug-likeness (QED) is 0.858. The molecule has 1 atom stereocenters. The van der Waals surface area contributed by atoms with Gasteiger partial charge in [-0.3, -0.25) is 4.90 Å². The third kappa shape index (κ3) is 3.37. The lowest BCUT2D eigenvalue weighted by molar-refractivity contribution is 0.0243. The van der Waals surface area contributed by atoms with Crippen molar-refractivity contribution in [3.8, 4) is 0 Å². The van der Waals surface area contributed by atoms with E-state index in [0.29, 0.717) is 6.61 Å². The van der Waals surface area contributed by atoms with E-state index in [-0.39, 0.29) is 5.41 Å². The van der Waals surface area contributed by atoms with E-state index in [4.69, 9.17) is 0 Å². The van der Waals surface area contributed by atoms with Gasteiger partial charge in [-0.25, -0.2) is 4.98 Å². The molecule has 0 radical (unpaired) electrons. The highest BCUT2D eigenvalue weighted by atomic mass is 16.3. The molecule has 1 aromatic rings. The Morgan fingerprint density at radius 2 is 2.26 bits per heavy atom. The summed E-state index contributed by atoms with van der Waals surface area (Å²) in [5.74, 6) is 1.16. The number of aliphatic hydroxyl groups is 1. The van der Waals surface area contributed by atoms with Crippen LogP contribution in [0.5, 0.6) is 0 Å². The molecule has 0 aliphatic carbocycles. The molecule has 0 spiro atoms. The Morgan fingerprint density at radius 3 is 2.95 bits per heavy atom. The molecule has 0 aromatic carbocycles. The van der Waals surface area contributed by atoms with Crippen LogP contribution in [-0.4, -0.2) is 39.3 Å². The van der Waals surface area contributed by atoms with Crippen molar-refractivity contribution in [1.29, 1.82) is 0 Å². The molecule has 4 nitrogen and oxygen atoms in total. The van der Waals surface area contributed by atoms with Crippen LogP contribution in [0.25, 0.3) is 0 Å². The summed E-state index contributed by atoms with van der Waals surface area (Å²) in [4.78, 5) is 6.94. The average Bonchev–Trinajstić information content (AvgIpc) is 2.87. The van der Waals surface area contributed by atoms with Gasteiger partial charge in [0.2, 0.25) is 0 Å². The van der Waals surface area contributed by atoms with Gasteiger partial charge in [-0.2, -0.15) is 0 Å². The molecule has 0 amide bonds. The van der Waals surface area contributed by atoms with E-state index in [1.54, 1.807) is 0 Å². The van der Waals surface area contributed by atoms with Crippen LogP contribution >= 0.6 is 0 Å². The molecule has 0 saturated carbocycles. The first kappa shape index (κ1) is 14.5. The highest BCUT2D eigenvalue weighted by Crippen LogP contribution is 2.33. The Hall–Kier alpha value is -0.870. The maximum absolute atomic E-state index is 9.68. The summed E-state index contributed by atoms with van der Waals surface area (Å²) in [5, 5.41) is 9.68. The molecule has 1 aliphatic rings. The van der Waals surface area contributed by atoms with E-state index >= 15 is 0 Å². The molecule has 4 heteroatoms. The van der Waals surface area contributed by atoms with Crippen LogP contribution in [0.15, 0.2) is 12.4 Å².